The molecular weight excluding hydrogens is 570 g/mol. The largest absolute Gasteiger partial charge is 0.497 e. The van der Waals surface area contributed by atoms with Crippen LogP contribution in [-0.2, 0) is 4.79 Å². The number of pyridine rings is 1. The first-order valence-electron chi connectivity index (χ1n) is 14.8. The zero-order chi connectivity index (χ0) is 30.7. The van der Waals surface area contributed by atoms with Crippen molar-refractivity contribution >= 4 is 17.6 Å². The average Bonchev–Trinajstić information content (AvgIpc) is 3.92. The molecule has 3 aliphatic rings. The third-order valence-corrected chi connectivity index (χ3v) is 8.58. The summed E-state index contributed by atoms with van der Waals surface area (Å²) in [6.07, 6.45) is 2.37. The zero-order valence-corrected chi connectivity index (χ0v) is 24.1. The van der Waals surface area contributed by atoms with Crippen molar-refractivity contribution in [2.24, 2.45) is 11.8 Å². The first kappa shape index (κ1) is 30.9. The number of aromatic nitrogens is 1. The highest BCUT2D eigenvalue weighted by Crippen LogP contribution is 2.45. The summed E-state index contributed by atoms with van der Waals surface area (Å²) < 4.78 is 65.4. The number of ether oxygens (including phenoxy) is 2. The molecule has 2 aromatic rings. The number of benzene rings is 1. The maximum atomic E-state index is 14.0. The van der Waals surface area contributed by atoms with Gasteiger partial charge < -0.3 is 24.4 Å². The predicted octanol–water partition coefficient (Wildman–Crippen LogP) is 5.86. The van der Waals surface area contributed by atoms with Gasteiger partial charge in [-0.15, -0.1) is 0 Å². The molecule has 12 heteroatoms. The summed E-state index contributed by atoms with van der Waals surface area (Å²) in [6.45, 7) is 0.216. The third-order valence-electron chi connectivity index (χ3n) is 8.58. The Hall–Kier alpha value is -3.57. The minimum Gasteiger partial charge on any atom is -0.497 e. The molecule has 0 radical (unpaired) electrons. The van der Waals surface area contributed by atoms with Crippen LogP contribution in [-0.4, -0.2) is 78.6 Å². The highest BCUT2D eigenvalue weighted by atomic mass is 19.3. The lowest BCUT2D eigenvalue weighted by atomic mass is 9.92. The highest BCUT2D eigenvalue weighted by Gasteiger charge is 2.47. The number of hydrogen-bond donors (Lipinski definition) is 1. The molecule has 1 N–H and O–H groups in total. The summed E-state index contributed by atoms with van der Waals surface area (Å²) in [5.74, 6) is -4.35. The van der Waals surface area contributed by atoms with Crippen LogP contribution in [0.2, 0.25) is 0 Å². The summed E-state index contributed by atoms with van der Waals surface area (Å²) in [5, 5.41) is 9.33. The molecule has 2 saturated carbocycles. The van der Waals surface area contributed by atoms with E-state index in [9.17, 15) is 32.3 Å². The minimum atomic E-state index is -4.30. The number of piperidine rings is 1. The van der Waals surface area contributed by atoms with Crippen LogP contribution in [0.4, 0.5) is 23.2 Å². The van der Waals surface area contributed by atoms with E-state index < -0.39 is 36.8 Å². The van der Waals surface area contributed by atoms with Crippen LogP contribution >= 0.6 is 0 Å². The van der Waals surface area contributed by atoms with Gasteiger partial charge in [-0.05, 0) is 80.0 Å². The van der Waals surface area contributed by atoms with Gasteiger partial charge in [0, 0.05) is 37.5 Å². The number of halogens is 4. The van der Waals surface area contributed by atoms with E-state index in [1.54, 1.807) is 18.3 Å². The number of carbonyl (C=O) groups is 2. The Bertz CT molecular complexity index is 1300. The Morgan fingerprint density at radius 2 is 1.81 bits per heavy atom. The highest BCUT2D eigenvalue weighted by molar-refractivity contribution is 6.00. The molecule has 0 spiro atoms. The molecule has 234 valence electrons. The van der Waals surface area contributed by atoms with Crippen LogP contribution < -0.4 is 14.4 Å². The van der Waals surface area contributed by atoms with E-state index >= 15 is 0 Å². The fourth-order valence-corrected chi connectivity index (χ4v) is 5.81. The molecule has 0 bridgehead atoms. The van der Waals surface area contributed by atoms with Gasteiger partial charge in [0.2, 0.25) is 5.88 Å². The maximum absolute atomic E-state index is 14.0. The number of anilines is 1. The van der Waals surface area contributed by atoms with E-state index in [2.05, 4.69) is 4.98 Å². The molecule has 1 saturated heterocycles. The Morgan fingerprint density at radius 1 is 1.09 bits per heavy atom. The number of hydrogen-bond acceptors (Lipinski definition) is 6. The van der Waals surface area contributed by atoms with Gasteiger partial charge in [0.1, 0.15) is 5.75 Å². The lowest BCUT2D eigenvalue weighted by Crippen LogP contribution is -2.46. The van der Waals surface area contributed by atoms with Gasteiger partial charge in [0.15, 0.2) is 0 Å². The van der Waals surface area contributed by atoms with Crippen LogP contribution in [0.25, 0.3) is 0 Å². The van der Waals surface area contributed by atoms with Crippen molar-refractivity contribution in [2.75, 3.05) is 38.3 Å². The fraction of sp³-hybridized carbons (Fsp3) is 0.581. The number of carboxylic acids is 1. The van der Waals surface area contributed by atoms with Crippen molar-refractivity contribution in [2.45, 2.75) is 69.3 Å². The third kappa shape index (κ3) is 7.69. The van der Waals surface area contributed by atoms with E-state index in [1.165, 1.54) is 13.2 Å². The molecule has 8 nitrogen and oxygen atoms in total. The Morgan fingerprint density at radius 3 is 2.42 bits per heavy atom. The number of rotatable bonds is 14. The van der Waals surface area contributed by atoms with Crippen LogP contribution in [0.1, 0.15) is 66.8 Å². The van der Waals surface area contributed by atoms with Crippen molar-refractivity contribution in [3.8, 4) is 11.6 Å². The Kier molecular flexibility index (Phi) is 9.31. The SMILES string of the molecule is COc1ccc(C(=O)N(CC(F)(F)C(F)F)C2CC2)c(N2CCC(COc3cc(C(CC(=O)O)C4CC4)ccn3)CC2)c1. The molecular formula is C31H37F4N3O5. The molecule has 2 aliphatic carbocycles. The van der Waals surface area contributed by atoms with Crippen LogP contribution in [0, 0.1) is 11.8 Å². The van der Waals surface area contributed by atoms with Crippen LogP contribution in [0.3, 0.4) is 0 Å². The van der Waals surface area contributed by atoms with Gasteiger partial charge in [-0.2, -0.15) is 8.78 Å². The second kappa shape index (κ2) is 13.0. The second-order valence-corrected chi connectivity index (χ2v) is 11.8. The molecule has 1 aromatic carbocycles. The van der Waals surface area contributed by atoms with Crippen LogP contribution in [0.5, 0.6) is 11.6 Å². The zero-order valence-electron chi connectivity index (χ0n) is 24.1. The van der Waals surface area contributed by atoms with E-state index in [0.29, 0.717) is 55.8 Å². The Balaban J connectivity index is 1.23. The lowest BCUT2D eigenvalue weighted by molar-refractivity contribution is -0.138. The van der Waals surface area contributed by atoms with Crippen LogP contribution in [0.15, 0.2) is 36.5 Å². The molecule has 1 atom stereocenters. The number of nitrogens with zero attached hydrogens (tertiary/aromatic N) is 3. The molecule has 2 heterocycles. The number of carboxylic acid groups (broad SMARTS) is 1. The van der Waals surface area contributed by atoms with E-state index in [0.717, 1.165) is 36.1 Å². The second-order valence-electron chi connectivity index (χ2n) is 11.8. The van der Waals surface area contributed by atoms with Crippen molar-refractivity contribution in [1.82, 2.24) is 9.88 Å². The molecule has 1 amide bonds. The van der Waals surface area contributed by atoms with Crippen molar-refractivity contribution < 1.29 is 41.7 Å². The number of methoxy groups -OCH3 is 1. The summed E-state index contributed by atoms with van der Waals surface area (Å²) in [7, 11) is 1.49. The lowest BCUT2D eigenvalue weighted by Gasteiger charge is -2.35. The first-order chi connectivity index (χ1) is 20.6. The predicted molar refractivity (Wildman–Crippen MR) is 150 cm³/mol. The molecule has 1 unspecified atom stereocenters. The topological polar surface area (TPSA) is 92.2 Å². The van der Waals surface area contributed by atoms with Crippen molar-refractivity contribution in [1.29, 1.82) is 0 Å². The van der Waals surface area contributed by atoms with Gasteiger partial charge in [0.25, 0.3) is 5.91 Å². The molecule has 43 heavy (non-hydrogen) atoms. The maximum Gasteiger partial charge on any atom is 0.324 e. The molecule has 5 rings (SSSR count). The quantitative estimate of drug-likeness (QED) is 0.269. The summed E-state index contributed by atoms with van der Waals surface area (Å²) in [5.41, 5.74) is 1.63. The minimum absolute atomic E-state index is 0.0525. The standard InChI is InChI=1S/C31H37F4N3O5/c1-42-23-6-7-24(29(41)38(22-4-5-22)18-31(34,35)30(32)33)26(15-23)37-12-9-19(10-13-37)17-43-27-14-21(8-11-36-27)25(16-28(39)40)20-2-3-20/h6-8,11,14-15,19-20,22,25,30H,2-5,9-10,12-13,16-18H2,1H3,(H,39,40). The van der Waals surface area contributed by atoms with E-state index in [-0.39, 0.29) is 23.8 Å². The summed E-state index contributed by atoms with van der Waals surface area (Å²) >= 11 is 0. The van der Waals surface area contributed by atoms with E-state index in [1.807, 2.05) is 17.0 Å². The average molecular weight is 608 g/mol. The summed E-state index contributed by atoms with van der Waals surface area (Å²) in [4.78, 5) is 32.1. The normalized spacial score (nSPS) is 18.4. The molecule has 1 aliphatic heterocycles. The van der Waals surface area contributed by atoms with Crippen molar-refractivity contribution in [3.05, 3.63) is 47.7 Å². The monoisotopic (exact) mass is 607 g/mol. The number of aliphatic carboxylic acids is 1. The fourth-order valence-electron chi connectivity index (χ4n) is 5.81. The van der Waals surface area contributed by atoms with Gasteiger partial charge in [-0.3, -0.25) is 9.59 Å². The van der Waals surface area contributed by atoms with Crippen molar-refractivity contribution in [3.63, 3.8) is 0 Å². The van der Waals surface area contributed by atoms with E-state index in [4.69, 9.17) is 9.47 Å². The number of carbonyl (C=O) groups excluding carboxylic acids is 1. The molecule has 3 fully saturated rings. The Labute approximate surface area is 248 Å². The van der Waals surface area contributed by atoms with Gasteiger partial charge in [-0.25, -0.2) is 13.8 Å². The van der Waals surface area contributed by atoms with Gasteiger partial charge in [-0.1, -0.05) is 0 Å². The first-order valence-corrected chi connectivity index (χ1v) is 14.8. The number of amides is 1. The molecule has 1 aromatic heterocycles. The summed E-state index contributed by atoms with van der Waals surface area (Å²) in [6, 6.07) is 7.97. The van der Waals surface area contributed by atoms with Gasteiger partial charge in [0.05, 0.1) is 37.9 Å². The number of alkyl halides is 4. The smallest absolute Gasteiger partial charge is 0.324 e. The van der Waals surface area contributed by atoms with Gasteiger partial charge >= 0.3 is 18.3 Å².